The summed E-state index contributed by atoms with van der Waals surface area (Å²) in [7, 11) is 0. The summed E-state index contributed by atoms with van der Waals surface area (Å²) in [6, 6.07) is 9.82. The minimum atomic E-state index is -0.450. The maximum atomic E-state index is 12.0. The molecule has 0 aromatic heterocycles. The van der Waals surface area contributed by atoms with Gasteiger partial charge in [-0.1, -0.05) is 18.2 Å². The lowest BCUT2D eigenvalue weighted by Gasteiger charge is -2.24. The lowest BCUT2D eigenvalue weighted by Crippen LogP contribution is -2.36. The highest BCUT2D eigenvalue weighted by atomic mass is 16.6. The van der Waals surface area contributed by atoms with E-state index in [1.807, 2.05) is 45.0 Å². The van der Waals surface area contributed by atoms with Gasteiger partial charge >= 0.3 is 6.09 Å². The molecular formula is C18H25N3O2. The Hall–Kier alpha value is -2.06. The zero-order chi connectivity index (χ0) is 16.9. The van der Waals surface area contributed by atoms with Gasteiger partial charge in [0.05, 0.1) is 11.6 Å². The molecule has 2 rings (SSSR count). The highest BCUT2D eigenvalue weighted by Gasteiger charge is 2.29. The third-order valence-corrected chi connectivity index (χ3v) is 3.82. The number of carbonyl (C=O) groups is 1. The van der Waals surface area contributed by atoms with E-state index < -0.39 is 5.60 Å². The summed E-state index contributed by atoms with van der Waals surface area (Å²) in [5.74, 6) is 0.428. The Labute approximate surface area is 138 Å². The number of ether oxygens (including phenoxy) is 1. The van der Waals surface area contributed by atoms with Crippen LogP contribution in [0.1, 0.15) is 38.3 Å². The summed E-state index contributed by atoms with van der Waals surface area (Å²) >= 11 is 0. The molecule has 1 aromatic rings. The van der Waals surface area contributed by atoms with E-state index in [2.05, 4.69) is 11.4 Å². The second-order valence-corrected chi connectivity index (χ2v) is 6.98. The van der Waals surface area contributed by atoms with Crippen molar-refractivity contribution in [3.8, 4) is 6.07 Å². The normalized spacial score (nSPS) is 17.8. The number of nitrogens with zero attached hydrogens (tertiary/aromatic N) is 2. The molecule has 1 N–H and O–H groups in total. The number of hydrogen-bond donors (Lipinski definition) is 1. The summed E-state index contributed by atoms with van der Waals surface area (Å²) in [5.41, 5.74) is 1.27. The first-order chi connectivity index (χ1) is 10.9. The summed E-state index contributed by atoms with van der Waals surface area (Å²) in [6.45, 7) is 8.62. The fourth-order valence-electron chi connectivity index (χ4n) is 2.69. The average Bonchev–Trinajstić information content (AvgIpc) is 2.95. The van der Waals surface area contributed by atoms with Crippen LogP contribution in [0.2, 0.25) is 0 Å². The van der Waals surface area contributed by atoms with Crippen LogP contribution in [0.5, 0.6) is 0 Å². The van der Waals surface area contributed by atoms with E-state index >= 15 is 0 Å². The van der Waals surface area contributed by atoms with Crippen molar-refractivity contribution in [2.24, 2.45) is 5.92 Å². The van der Waals surface area contributed by atoms with Crippen LogP contribution in [0.4, 0.5) is 4.79 Å². The molecule has 0 bridgehead atoms. The van der Waals surface area contributed by atoms with Crippen LogP contribution < -0.4 is 5.32 Å². The van der Waals surface area contributed by atoms with E-state index in [4.69, 9.17) is 10.00 Å². The van der Waals surface area contributed by atoms with Gasteiger partial charge in [0.2, 0.25) is 0 Å². The van der Waals surface area contributed by atoms with Crippen molar-refractivity contribution in [2.75, 3.05) is 19.6 Å². The average molecular weight is 315 g/mol. The van der Waals surface area contributed by atoms with Gasteiger partial charge in [0.1, 0.15) is 5.60 Å². The highest BCUT2D eigenvalue weighted by molar-refractivity contribution is 5.68. The van der Waals surface area contributed by atoms with Crippen LogP contribution in [0.3, 0.4) is 0 Å². The summed E-state index contributed by atoms with van der Waals surface area (Å²) in [5, 5.41) is 12.5. The number of nitriles is 1. The summed E-state index contributed by atoms with van der Waals surface area (Å²) in [6.07, 6.45) is 0.751. The van der Waals surface area contributed by atoms with Crippen LogP contribution in [-0.2, 0) is 11.3 Å². The zero-order valence-corrected chi connectivity index (χ0v) is 14.1. The Morgan fingerprint density at radius 2 is 2.17 bits per heavy atom. The molecule has 0 spiro atoms. The van der Waals surface area contributed by atoms with Crippen LogP contribution in [-0.4, -0.2) is 36.2 Å². The summed E-state index contributed by atoms with van der Waals surface area (Å²) in [4.78, 5) is 13.8. The number of benzene rings is 1. The van der Waals surface area contributed by atoms with E-state index in [1.165, 1.54) is 0 Å². The Morgan fingerprint density at radius 3 is 2.87 bits per heavy atom. The molecule has 23 heavy (non-hydrogen) atoms. The first kappa shape index (κ1) is 17.3. The minimum absolute atomic E-state index is 0.227. The first-order valence-electron chi connectivity index (χ1n) is 8.05. The predicted molar refractivity (Wildman–Crippen MR) is 88.8 cm³/mol. The van der Waals surface area contributed by atoms with Gasteiger partial charge in [-0.15, -0.1) is 0 Å². The monoisotopic (exact) mass is 315 g/mol. The second kappa shape index (κ2) is 7.47. The van der Waals surface area contributed by atoms with Crippen LogP contribution >= 0.6 is 0 Å². The number of nitrogens with one attached hydrogen (secondary N) is 1. The maximum Gasteiger partial charge on any atom is 0.410 e. The Bertz CT molecular complexity index is 587. The Morgan fingerprint density at radius 1 is 1.43 bits per heavy atom. The SMILES string of the molecule is CC(C)(C)OC(=O)N1CCC(CNCc2ccccc2C#N)C1. The van der Waals surface area contributed by atoms with Gasteiger partial charge in [-0.3, -0.25) is 0 Å². The molecule has 0 saturated carbocycles. The smallest absolute Gasteiger partial charge is 0.410 e. The Balaban J connectivity index is 1.76. The van der Waals surface area contributed by atoms with Crippen molar-refractivity contribution in [1.29, 1.82) is 5.26 Å². The van der Waals surface area contributed by atoms with E-state index in [0.29, 0.717) is 18.0 Å². The molecule has 1 aliphatic heterocycles. The number of likely N-dealkylation sites (tertiary alicyclic amines) is 1. The zero-order valence-electron chi connectivity index (χ0n) is 14.1. The molecule has 1 atom stereocenters. The molecule has 1 aliphatic rings. The van der Waals surface area contributed by atoms with Crippen molar-refractivity contribution in [3.63, 3.8) is 0 Å². The minimum Gasteiger partial charge on any atom is -0.444 e. The number of amides is 1. The molecule has 1 heterocycles. The molecule has 1 unspecified atom stereocenters. The topological polar surface area (TPSA) is 65.4 Å². The highest BCUT2D eigenvalue weighted by Crippen LogP contribution is 2.19. The number of hydrogen-bond acceptors (Lipinski definition) is 4. The predicted octanol–water partition coefficient (Wildman–Crippen LogP) is 2.90. The fraction of sp³-hybridized carbons (Fsp3) is 0.556. The van der Waals surface area contributed by atoms with Gasteiger partial charge in [0.25, 0.3) is 0 Å². The largest absolute Gasteiger partial charge is 0.444 e. The van der Waals surface area contributed by atoms with Crippen molar-refractivity contribution in [3.05, 3.63) is 35.4 Å². The molecule has 1 aromatic carbocycles. The van der Waals surface area contributed by atoms with Crippen LogP contribution in [0.15, 0.2) is 24.3 Å². The quantitative estimate of drug-likeness (QED) is 0.928. The molecule has 1 amide bonds. The maximum absolute atomic E-state index is 12.0. The lowest BCUT2D eigenvalue weighted by atomic mass is 10.1. The van der Waals surface area contributed by atoms with Crippen LogP contribution in [0, 0.1) is 17.2 Å². The molecular weight excluding hydrogens is 290 g/mol. The van der Waals surface area contributed by atoms with E-state index in [-0.39, 0.29) is 6.09 Å². The standard InChI is InChI=1S/C18H25N3O2/c1-18(2,3)23-17(22)21-9-8-14(13-21)11-20-12-16-7-5-4-6-15(16)10-19/h4-7,14,20H,8-9,11-13H2,1-3H3. The summed E-state index contributed by atoms with van der Waals surface area (Å²) < 4.78 is 5.40. The molecule has 5 heteroatoms. The van der Waals surface area contributed by atoms with Crippen molar-refractivity contribution >= 4 is 6.09 Å². The van der Waals surface area contributed by atoms with Crippen LogP contribution in [0.25, 0.3) is 0 Å². The first-order valence-corrected chi connectivity index (χ1v) is 8.05. The van der Waals surface area contributed by atoms with Gasteiger partial charge in [-0.25, -0.2) is 4.79 Å². The van der Waals surface area contributed by atoms with Crippen molar-refractivity contribution < 1.29 is 9.53 Å². The number of rotatable bonds is 4. The van der Waals surface area contributed by atoms with Crippen molar-refractivity contribution in [1.82, 2.24) is 10.2 Å². The fourth-order valence-corrected chi connectivity index (χ4v) is 2.69. The molecule has 1 saturated heterocycles. The van der Waals surface area contributed by atoms with Gasteiger partial charge < -0.3 is 15.0 Å². The third kappa shape index (κ3) is 5.26. The lowest BCUT2D eigenvalue weighted by molar-refractivity contribution is 0.0288. The van der Waals surface area contributed by atoms with Gasteiger partial charge in [0, 0.05) is 26.2 Å². The van der Waals surface area contributed by atoms with E-state index in [0.717, 1.165) is 31.6 Å². The molecule has 0 radical (unpaired) electrons. The van der Waals surface area contributed by atoms with Gasteiger partial charge in [0.15, 0.2) is 0 Å². The molecule has 1 fully saturated rings. The number of carbonyl (C=O) groups excluding carboxylic acids is 1. The Kier molecular flexibility index (Phi) is 5.62. The van der Waals surface area contributed by atoms with Gasteiger partial charge in [-0.2, -0.15) is 5.26 Å². The van der Waals surface area contributed by atoms with E-state index in [1.54, 1.807) is 4.90 Å². The van der Waals surface area contributed by atoms with Crippen molar-refractivity contribution in [2.45, 2.75) is 39.3 Å². The molecule has 124 valence electrons. The molecule has 5 nitrogen and oxygen atoms in total. The van der Waals surface area contributed by atoms with E-state index in [9.17, 15) is 4.79 Å². The second-order valence-electron chi connectivity index (χ2n) is 6.98. The third-order valence-electron chi connectivity index (χ3n) is 3.82. The van der Waals surface area contributed by atoms with Gasteiger partial charge in [-0.05, 0) is 44.7 Å². The molecule has 0 aliphatic carbocycles.